The summed E-state index contributed by atoms with van der Waals surface area (Å²) < 4.78 is 5.14. The molecule has 0 atom stereocenters. The zero-order valence-electron chi connectivity index (χ0n) is 12.7. The number of oxime groups is 1. The van der Waals surface area contributed by atoms with E-state index in [-0.39, 0.29) is 0 Å². The summed E-state index contributed by atoms with van der Waals surface area (Å²) in [4.78, 5) is 6.13. The SMILES string of the molecule is CCCCO/N=C1C=C/C(=C(/C#N)c2ccc(OC)cc2)S\1. The molecule has 114 valence electrons. The zero-order valence-corrected chi connectivity index (χ0v) is 13.5. The fraction of sp³-hybridized carbons (Fsp3) is 0.294. The Bertz CT molecular complexity index is 640. The van der Waals surface area contributed by atoms with Gasteiger partial charge in [0.05, 0.1) is 12.7 Å². The number of ether oxygens (including phenoxy) is 1. The van der Waals surface area contributed by atoms with Crippen molar-refractivity contribution >= 4 is 22.4 Å². The lowest BCUT2D eigenvalue weighted by molar-refractivity contribution is 0.142. The molecule has 0 spiro atoms. The molecule has 0 saturated carbocycles. The van der Waals surface area contributed by atoms with Gasteiger partial charge in [0.2, 0.25) is 0 Å². The Morgan fingerprint density at radius 1 is 1.27 bits per heavy atom. The maximum atomic E-state index is 9.44. The van der Waals surface area contributed by atoms with Crippen LogP contribution in [0.1, 0.15) is 25.3 Å². The largest absolute Gasteiger partial charge is 0.497 e. The Labute approximate surface area is 135 Å². The van der Waals surface area contributed by atoms with Crippen molar-refractivity contribution in [1.82, 2.24) is 0 Å². The topological polar surface area (TPSA) is 54.6 Å². The second-order valence-electron chi connectivity index (χ2n) is 4.63. The van der Waals surface area contributed by atoms with Gasteiger partial charge in [0.1, 0.15) is 23.5 Å². The van der Waals surface area contributed by atoms with E-state index in [0.717, 1.165) is 34.1 Å². The van der Waals surface area contributed by atoms with Crippen LogP contribution in [-0.2, 0) is 4.84 Å². The summed E-state index contributed by atoms with van der Waals surface area (Å²) in [5, 5.41) is 14.3. The Balaban J connectivity index is 2.12. The lowest BCUT2D eigenvalue weighted by Crippen LogP contribution is -1.90. The highest BCUT2D eigenvalue weighted by atomic mass is 32.2. The number of benzene rings is 1. The summed E-state index contributed by atoms with van der Waals surface area (Å²) in [6.07, 6.45) is 5.83. The first-order valence-electron chi connectivity index (χ1n) is 7.13. The lowest BCUT2D eigenvalue weighted by atomic mass is 10.1. The van der Waals surface area contributed by atoms with E-state index in [0.29, 0.717) is 12.2 Å². The summed E-state index contributed by atoms with van der Waals surface area (Å²) in [6.45, 7) is 2.73. The van der Waals surface area contributed by atoms with Gasteiger partial charge in [-0.1, -0.05) is 30.3 Å². The molecule has 1 aliphatic rings. The highest BCUT2D eigenvalue weighted by Gasteiger charge is 2.15. The van der Waals surface area contributed by atoms with Gasteiger partial charge >= 0.3 is 0 Å². The molecule has 0 bridgehead atoms. The fourth-order valence-electron chi connectivity index (χ4n) is 1.85. The van der Waals surface area contributed by atoms with Crippen molar-refractivity contribution in [2.45, 2.75) is 19.8 Å². The van der Waals surface area contributed by atoms with Crippen LogP contribution < -0.4 is 4.74 Å². The van der Waals surface area contributed by atoms with Gasteiger partial charge in [-0.15, -0.1) is 0 Å². The van der Waals surface area contributed by atoms with E-state index in [2.05, 4.69) is 18.1 Å². The monoisotopic (exact) mass is 314 g/mol. The van der Waals surface area contributed by atoms with E-state index in [1.54, 1.807) is 7.11 Å². The Hall–Kier alpha value is -2.19. The molecule has 0 aromatic heterocycles. The first-order chi connectivity index (χ1) is 10.8. The van der Waals surface area contributed by atoms with Crippen LogP contribution in [0.15, 0.2) is 46.5 Å². The standard InChI is InChI=1S/C17H18N2O2S/c1-3-4-11-21-19-17-10-9-16(22-17)15(12-18)13-5-7-14(20-2)8-6-13/h5-10H,3-4,11H2,1-2H3/b16-15+,19-17+. The van der Waals surface area contributed by atoms with E-state index >= 15 is 0 Å². The van der Waals surface area contributed by atoms with Gasteiger partial charge < -0.3 is 9.57 Å². The van der Waals surface area contributed by atoms with Crippen molar-refractivity contribution in [1.29, 1.82) is 5.26 Å². The lowest BCUT2D eigenvalue weighted by Gasteiger charge is -2.04. The van der Waals surface area contributed by atoms with Gasteiger partial charge in [-0.25, -0.2) is 0 Å². The molecule has 1 heterocycles. The molecule has 2 rings (SSSR count). The summed E-state index contributed by atoms with van der Waals surface area (Å²) in [5.74, 6) is 0.771. The van der Waals surface area contributed by atoms with Crippen LogP contribution in [0.25, 0.3) is 5.57 Å². The molecule has 0 aliphatic carbocycles. The van der Waals surface area contributed by atoms with Gasteiger partial charge in [-0.05, 0) is 48.4 Å². The van der Waals surface area contributed by atoms with Gasteiger partial charge in [-0.3, -0.25) is 0 Å². The molecule has 0 N–H and O–H groups in total. The number of hydrogen-bond acceptors (Lipinski definition) is 5. The van der Waals surface area contributed by atoms with Crippen LogP contribution in [0.4, 0.5) is 0 Å². The van der Waals surface area contributed by atoms with Crippen LogP contribution in [0.2, 0.25) is 0 Å². The van der Waals surface area contributed by atoms with Gasteiger partial charge in [-0.2, -0.15) is 5.26 Å². The molecular weight excluding hydrogens is 296 g/mol. The fourth-order valence-corrected chi connectivity index (χ4v) is 2.70. The van der Waals surface area contributed by atoms with Gasteiger partial charge in [0.15, 0.2) is 0 Å². The summed E-state index contributed by atoms with van der Waals surface area (Å²) in [5.41, 5.74) is 1.49. The highest BCUT2D eigenvalue weighted by molar-refractivity contribution is 8.18. The van der Waals surface area contributed by atoms with Crippen LogP contribution >= 0.6 is 11.8 Å². The molecule has 22 heavy (non-hydrogen) atoms. The Morgan fingerprint density at radius 2 is 2.05 bits per heavy atom. The first kappa shape index (κ1) is 16.2. The number of methoxy groups -OCH3 is 1. The number of nitrogens with zero attached hydrogens (tertiary/aromatic N) is 2. The maximum absolute atomic E-state index is 9.44. The van der Waals surface area contributed by atoms with Gasteiger partial charge in [0.25, 0.3) is 0 Å². The third-order valence-corrected chi connectivity index (χ3v) is 4.05. The van der Waals surface area contributed by atoms with Crippen LogP contribution in [0.5, 0.6) is 5.75 Å². The van der Waals surface area contributed by atoms with E-state index in [1.165, 1.54) is 11.8 Å². The maximum Gasteiger partial charge on any atom is 0.140 e. The van der Waals surface area contributed by atoms with E-state index in [9.17, 15) is 5.26 Å². The second kappa shape index (κ2) is 8.30. The third kappa shape index (κ3) is 4.15. The minimum Gasteiger partial charge on any atom is -0.497 e. The zero-order chi connectivity index (χ0) is 15.8. The predicted octanol–water partition coefficient (Wildman–Crippen LogP) is 4.36. The molecule has 4 nitrogen and oxygen atoms in total. The Morgan fingerprint density at radius 3 is 2.68 bits per heavy atom. The molecular formula is C17H18N2O2S. The van der Waals surface area contributed by atoms with E-state index in [4.69, 9.17) is 9.57 Å². The van der Waals surface area contributed by atoms with Gasteiger partial charge in [0, 0.05) is 4.91 Å². The summed E-state index contributed by atoms with van der Waals surface area (Å²) >= 11 is 1.45. The molecule has 5 heteroatoms. The molecule has 0 fully saturated rings. The van der Waals surface area contributed by atoms with Crippen molar-refractivity contribution < 1.29 is 9.57 Å². The molecule has 1 aliphatic heterocycles. The minimum atomic E-state index is 0.622. The summed E-state index contributed by atoms with van der Waals surface area (Å²) in [7, 11) is 1.62. The van der Waals surface area contributed by atoms with Crippen molar-refractivity contribution in [3.05, 3.63) is 46.9 Å². The molecule has 1 aromatic carbocycles. The highest BCUT2D eigenvalue weighted by Crippen LogP contribution is 2.34. The Kier molecular flexibility index (Phi) is 6.11. The van der Waals surface area contributed by atoms with Crippen molar-refractivity contribution in [3.63, 3.8) is 0 Å². The quantitative estimate of drug-likeness (QED) is 0.444. The molecule has 1 aromatic rings. The van der Waals surface area contributed by atoms with Crippen molar-refractivity contribution in [3.8, 4) is 11.8 Å². The average molecular weight is 314 g/mol. The van der Waals surface area contributed by atoms with Crippen molar-refractivity contribution in [2.24, 2.45) is 5.16 Å². The number of rotatable bonds is 6. The number of hydrogen-bond donors (Lipinski definition) is 0. The van der Waals surface area contributed by atoms with Crippen LogP contribution in [-0.4, -0.2) is 18.8 Å². The second-order valence-corrected chi connectivity index (χ2v) is 5.69. The number of allylic oxidation sites excluding steroid dienone is 2. The van der Waals surface area contributed by atoms with Crippen LogP contribution in [0.3, 0.4) is 0 Å². The smallest absolute Gasteiger partial charge is 0.140 e. The third-order valence-electron chi connectivity index (χ3n) is 3.07. The summed E-state index contributed by atoms with van der Waals surface area (Å²) in [6, 6.07) is 9.72. The number of unbranched alkanes of at least 4 members (excludes halogenated alkanes) is 1. The van der Waals surface area contributed by atoms with Crippen molar-refractivity contribution in [2.75, 3.05) is 13.7 Å². The molecule has 0 unspecified atom stereocenters. The number of thioether (sulfide) groups is 1. The molecule has 0 radical (unpaired) electrons. The van der Waals surface area contributed by atoms with E-state index < -0.39 is 0 Å². The first-order valence-corrected chi connectivity index (χ1v) is 7.94. The predicted molar refractivity (Wildman–Crippen MR) is 90.6 cm³/mol. The molecule has 0 amide bonds. The normalized spacial score (nSPS) is 17.4. The number of nitriles is 1. The minimum absolute atomic E-state index is 0.622. The average Bonchev–Trinajstić information content (AvgIpc) is 3.01. The molecule has 0 saturated heterocycles. The van der Waals surface area contributed by atoms with E-state index in [1.807, 2.05) is 36.4 Å². The van der Waals surface area contributed by atoms with Crippen LogP contribution in [0, 0.1) is 11.3 Å².